The quantitative estimate of drug-likeness (QED) is 0.603. The number of carbonyl (C=O) groups is 2. The highest BCUT2D eigenvalue weighted by atomic mass is 32.2. The van der Waals surface area contributed by atoms with E-state index < -0.39 is 11.9 Å². The summed E-state index contributed by atoms with van der Waals surface area (Å²) >= 11 is 1.44. The van der Waals surface area contributed by atoms with Crippen molar-refractivity contribution in [3.63, 3.8) is 0 Å². The lowest BCUT2D eigenvalue weighted by molar-refractivity contribution is -0.119. The lowest BCUT2D eigenvalue weighted by Crippen LogP contribution is -2.21. The molecule has 0 aliphatic heterocycles. The van der Waals surface area contributed by atoms with E-state index in [0.717, 1.165) is 4.90 Å². The summed E-state index contributed by atoms with van der Waals surface area (Å²) in [6.45, 7) is -0.379. The van der Waals surface area contributed by atoms with Gasteiger partial charge in [-0.25, -0.2) is 4.79 Å². The molecule has 0 radical (unpaired) electrons. The second-order valence-electron chi connectivity index (χ2n) is 4.89. The largest absolute Gasteiger partial charge is 0.493 e. The van der Waals surface area contributed by atoms with Gasteiger partial charge in [0.05, 0.1) is 19.8 Å². The monoisotopic (exact) mass is 361 g/mol. The molecule has 6 nitrogen and oxygen atoms in total. The predicted molar refractivity (Wildman–Crippen MR) is 96.7 cm³/mol. The van der Waals surface area contributed by atoms with Gasteiger partial charge >= 0.3 is 5.97 Å². The van der Waals surface area contributed by atoms with E-state index in [0.29, 0.717) is 22.7 Å². The number of ether oxygens (including phenoxy) is 3. The molecule has 0 aliphatic carbocycles. The van der Waals surface area contributed by atoms with Crippen LogP contribution < -0.4 is 14.8 Å². The van der Waals surface area contributed by atoms with Crippen molar-refractivity contribution in [1.82, 2.24) is 0 Å². The van der Waals surface area contributed by atoms with Crippen LogP contribution in [0.5, 0.6) is 11.5 Å². The minimum Gasteiger partial charge on any atom is -0.493 e. The lowest BCUT2D eigenvalue weighted by Gasteiger charge is -2.11. The van der Waals surface area contributed by atoms with Crippen molar-refractivity contribution >= 4 is 29.3 Å². The molecular formula is C18H19NO5S. The van der Waals surface area contributed by atoms with Crippen LogP contribution in [0.15, 0.2) is 47.4 Å². The first-order valence-corrected chi connectivity index (χ1v) is 8.63. The van der Waals surface area contributed by atoms with Gasteiger partial charge in [-0.1, -0.05) is 12.1 Å². The Morgan fingerprint density at radius 2 is 1.76 bits per heavy atom. The Morgan fingerprint density at radius 3 is 2.44 bits per heavy atom. The molecule has 0 spiro atoms. The molecule has 0 unspecified atom stereocenters. The summed E-state index contributed by atoms with van der Waals surface area (Å²) in [5.41, 5.74) is 0.956. The topological polar surface area (TPSA) is 73.9 Å². The van der Waals surface area contributed by atoms with Crippen LogP contribution in [0.25, 0.3) is 0 Å². The van der Waals surface area contributed by atoms with Gasteiger partial charge < -0.3 is 19.5 Å². The molecule has 1 amide bonds. The maximum absolute atomic E-state index is 12.1. The number of esters is 1. The van der Waals surface area contributed by atoms with E-state index in [-0.39, 0.29) is 6.61 Å². The van der Waals surface area contributed by atoms with Crippen molar-refractivity contribution in [3.8, 4) is 11.5 Å². The number of nitrogens with one attached hydrogen (secondary N) is 1. The van der Waals surface area contributed by atoms with Gasteiger partial charge in [-0.05, 0) is 30.5 Å². The van der Waals surface area contributed by atoms with Gasteiger partial charge in [-0.3, -0.25) is 4.79 Å². The highest BCUT2D eigenvalue weighted by molar-refractivity contribution is 7.98. The SMILES string of the molecule is COc1ccc(NC(=O)COC(=O)c2ccccc2SC)cc1OC. The van der Waals surface area contributed by atoms with E-state index >= 15 is 0 Å². The minimum absolute atomic E-state index is 0.379. The number of hydrogen-bond donors (Lipinski definition) is 1. The average molecular weight is 361 g/mol. The van der Waals surface area contributed by atoms with E-state index in [2.05, 4.69) is 5.32 Å². The molecule has 7 heteroatoms. The summed E-state index contributed by atoms with van der Waals surface area (Å²) in [5, 5.41) is 2.65. The Labute approximate surface area is 150 Å². The fourth-order valence-corrected chi connectivity index (χ4v) is 2.72. The van der Waals surface area contributed by atoms with Gasteiger partial charge in [0.2, 0.25) is 0 Å². The van der Waals surface area contributed by atoms with Gasteiger partial charge in [-0.2, -0.15) is 0 Å². The molecule has 0 bridgehead atoms. The number of methoxy groups -OCH3 is 2. The van der Waals surface area contributed by atoms with Gasteiger partial charge in [-0.15, -0.1) is 11.8 Å². The standard InChI is InChI=1S/C18H19NO5S/c1-22-14-9-8-12(10-15(14)23-2)19-17(20)11-24-18(21)13-6-4-5-7-16(13)25-3/h4-10H,11H2,1-3H3,(H,19,20). The first kappa shape index (κ1) is 18.7. The zero-order valence-corrected chi connectivity index (χ0v) is 15.0. The molecule has 0 aromatic heterocycles. The molecule has 0 fully saturated rings. The smallest absolute Gasteiger partial charge is 0.339 e. The first-order valence-electron chi connectivity index (χ1n) is 7.41. The zero-order valence-electron chi connectivity index (χ0n) is 14.2. The normalized spacial score (nSPS) is 10.0. The highest BCUT2D eigenvalue weighted by Gasteiger charge is 2.14. The third kappa shape index (κ3) is 4.90. The van der Waals surface area contributed by atoms with Crippen LogP contribution in [-0.4, -0.2) is 39.0 Å². The average Bonchev–Trinajstić information content (AvgIpc) is 2.65. The number of hydrogen-bond acceptors (Lipinski definition) is 6. The molecule has 2 aromatic rings. The number of amides is 1. The third-order valence-corrected chi connectivity index (χ3v) is 4.12. The van der Waals surface area contributed by atoms with E-state index in [4.69, 9.17) is 14.2 Å². The van der Waals surface area contributed by atoms with E-state index in [9.17, 15) is 9.59 Å². The molecule has 1 N–H and O–H groups in total. The Morgan fingerprint density at radius 1 is 1.04 bits per heavy atom. The summed E-state index contributed by atoms with van der Waals surface area (Å²) in [7, 11) is 3.04. The fourth-order valence-electron chi connectivity index (χ4n) is 2.13. The van der Waals surface area contributed by atoms with Gasteiger partial charge in [0.25, 0.3) is 5.91 Å². The number of rotatable bonds is 7. The summed E-state index contributed by atoms with van der Waals surface area (Å²) in [6.07, 6.45) is 1.87. The minimum atomic E-state index is -0.535. The number of benzene rings is 2. The van der Waals surface area contributed by atoms with Crippen molar-refractivity contribution in [2.24, 2.45) is 0 Å². The highest BCUT2D eigenvalue weighted by Crippen LogP contribution is 2.29. The maximum atomic E-state index is 12.1. The fraction of sp³-hybridized carbons (Fsp3) is 0.222. The zero-order chi connectivity index (χ0) is 18.2. The van der Waals surface area contributed by atoms with Crippen LogP contribution in [0.2, 0.25) is 0 Å². The third-order valence-electron chi connectivity index (χ3n) is 3.33. The van der Waals surface area contributed by atoms with Gasteiger partial charge in [0, 0.05) is 16.6 Å². The molecule has 0 saturated carbocycles. The number of anilines is 1. The van der Waals surface area contributed by atoms with Crippen molar-refractivity contribution in [3.05, 3.63) is 48.0 Å². The van der Waals surface area contributed by atoms with Gasteiger partial charge in [0.15, 0.2) is 18.1 Å². The second-order valence-corrected chi connectivity index (χ2v) is 5.74. The molecule has 0 heterocycles. The first-order chi connectivity index (χ1) is 12.1. The van der Waals surface area contributed by atoms with Crippen molar-refractivity contribution < 1.29 is 23.8 Å². The Hall–Kier alpha value is -2.67. The van der Waals surface area contributed by atoms with Crippen LogP contribution >= 0.6 is 11.8 Å². The number of carbonyl (C=O) groups excluding carboxylic acids is 2. The predicted octanol–water partition coefficient (Wildman–Crippen LogP) is 3.22. The molecule has 2 rings (SSSR count). The van der Waals surface area contributed by atoms with Crippen LogP contribution in [0.1, 0.15) is 10.4 Å². The summed E-state index contributed by atoms with van der Waals surface area (Å²) in [5.74, 6) is 0.0707. The van der Waals surface area contributed by atoms with Crippen LogP contribution in [0, 0.1) is 0 Å². The molecule has 0 atom stereocenters. The Bertz CT molecular complexity index is 763. The molecule has 2 aromatic carbocycles. The molecule has 0 saturated heterocycles. The lowest BCUT2D eigenvalue weighted by atomic mass is 10.2. The maximum Gasteiger partial charge on any atom is 0.339 e. The van der Waals surface area contributed by atoms with E-state index in [1.807, 2.05) is 18.4 Å². The summed E-state index contributed by atoms with van der Waals surface area (Å²) in [6, 6.07) is 12.1. The summed E-state index contributed by atoms with van der Waals surface area (Å²) < 4.78 is 15.4. The number of thioether (sulfide) groups is 1. The van der Waals surface area contributed by atoms with Crippen LogP contribution in [0.3, 0.4) is 0 Å². The van der Waals surface area contributed by atoms with Crippen LogP contribution in [-0.2, 0) is 9.53 Å². The molecule has 25 heavy (non-hydrogen) atoms. The van der Waals surface area contributed by atoms with E-state index in [1.165, 1.54) is 26.0 Å². The molecule has 132 valence electrons. The second kappa shape index (κ2) is 8.98. The van der Waals surface area contributed by atoms with E-state index in [1.54, 1.807) is 30.3 Å². The van der Waals surface area contributed by atoms with Crippen molar-refractivity contribution in [2.45, 2.75) is 4.90 Å². The van der Waals surface area contributed by atoms with Crippen molar-refractivity contribution in [1.29, 1.82) is 0 Å². The summed E-state index contributed by atoms with van der Waals surface area (Å²) in [4.78, 5) is 24.9. The Balaban J connectivity index is 1.95. The Kier molecular flexibility index (Phi) is 6.71. The van der Waals surface area contributed by atoms with Crippen LogP contribution in [0.4, 0.5) is 5.69 Å². The molecular weight excluding hydrogens is 342 g/mol. The van der Waals surface area contributed by atoms with Gasteiger partial charge in [0.1, 0.15) is 0 Å². The molecule has 0 aliphatic rings. The van der Waals surface area contributed by atoms with Crippen molar-refractivity contribution in [2.75, 3.05) is 32.4 Å².